The number of nitrogens with zero attached hydrogens (tertiary/aromatic N) is 2. The second kappa shape index (κ2) is 5.53. The summed E-state index contributed by atoms with van der Waals surface area (Å²) in [6.45, 7) is 0. The van der Waals surface area contributed by atoms with Gasteiger partial charge in [0.05, 0.1) is 0 Å². The second-order valence-corrected chi connectivity index (χ2v) is 4.74. The largest absolute Gasteiger partial charge is 0.479 e. The van der Waals surface area contributed by atoms with Crippen LogP contribution in [0.4, 0.5) is 10.6 Å². The molecular weight excluding hydrogens is 268 g/mol. The van der Waals surface area contributed by atoms with Gasteiger partial charge in [-0.25, -0.2) is 9.59 Å². The monoisotopic (exact) mass is 280 g/mol. The molecule has 0 fully saturated rings. The Balaban J connectivity index is 2.02. The molecule has 0 spiro atoms. The Kier molecular flexibility index (Phi) is 3.81. The molecule has 100 valence electrons. The normalized spacial score (nSPS) is 11.8. The zero-order chi connectivity index (χ0) is 13.8. The topological polar surface area (TPSA) is 96.2 Å². The predicted molar refractivity (Wildman–Crippen MR) is 70.1 cm³/mol. The molecule has 2 rings (SSSR count). The van der Waals surface area contributed by atoms with E-state index in [2.05, 4.69) is 15.7 Å². The maximum atomic E-state index is 11.7. The van der Waals surface area contributed by atoms with Crippen molar-refractivity contribution in [3.8, 4) is 0 Å². The summed E-state index contributed by atoms with van der Waals surface area (Å²) in [5, 5.41) is 19.7. The van der Waals surface area contributed by atoms with Crippen molar-refractivity contribution in [2.24, 2.45) is 7.05 Å². The quantitative estimate of drug-likeness (QED) is 0.789. The lowest BCUT2D eigenvalue weighted by Gasteiger charge is -2.12. The Labute approximate surface area is 112 Å². The van der Waals surface area contributed by atoms with E-state index in [0.717, 1.165) is 0 Å². The number of carbonyl (C=O) groups excluding carboxylic acids is 1. The summed E-state index contributed by atoms with van der Waals surface area (Å²) in [6.07, 6.45) is 1.67. The van der Waals surface area contributed by atoms with Crippen molar-refractivity contribution in [1.29, 1.82) is 0 Å². The van der Waals surface area contributed by atoms with Crippen LogP contribution in [0.25, 0.3) is 0 Å². The number of carboxylic acid groups (broad SMARTS) is 1. The lowest BCUT2D eigenvalue weighted by molar-refractivity contribution is -0.139. The lowest BCUT2D eigenvalue weighted by atomic mass is 10.2. The van der Waals surface area contributed by atoms with Gasteiger partial charge in [-0.05, 0) is 11.4 Å². The molecule has 1 unspecified atom stereocenters. The van der Waals surface area contributed by atoms with Gasteiger partial charge in [-0.15, -0.1) is 11.3 Å². The number of hydrogen-bond donors (Lipinski definition) is 3. The number of aryl methyl sites for hydroxylation is 1. The minimum absolute atomic E-state index is 0.357. The van der Waals surface area contributed by atoms with Crippen LogP contribution in [0.1, 0.15) is 10.9 Å². The van der Waals surface area contributed by atoms with Crippen LogP contribution < -0.4 is 10.6 Å². The number of carboxylic acids is 1. The molecule has 3 N–H and O–H groups in total. The van der Waals surface area contributed by atoms with Gasteiger partial charge in [0.25, 0.3) is 0 Å². The molecule has 0 radical (unpaired) electrons. The average molecular weight is 280 g/mol. The summed E-state index contributed by atoms with van der Waals surface area (Å²) < 4.78 is 1.53. The third-order valence-corrected chi connectivity index (χ3v) is 3.24. The van der Waals surface area contributed by atoms with Gasteiger partial charge >= 0.3 is 12.0 Å². The van der Waals surface area contributed by atoms with E-state index in [4.69, 9.17) is 5.11 Å². The summed E-state index contributed by atoms with van der Waals surface area (Å²) in [5.41, 5.74) is 0. The highest BCUT2D eigenvalue weighted by Crippen LogP contribution is 2.19. The van der Waals surface area contributed by atoms with E-state index in [1.54, 1.807) is 36.8 Å². The fourth-order valence-electron chi connectivity index (χ4n) is 1.48. The molecular formula is C11H12N4O3S. The van der Waals surface area contributed by atoms with Crippen LogP contribution in [0.2, 0.25) is 0 Å². The van der Waals surface area contributed by atoms with Crippen molar-refractivity contribution in [2.75, 3.05) is 5.32 Å². The summed E-state index contributed by atoms with van der Waals surface area (Å²) in [4.78, 5) is 23.4. The van der Waals surface area contributed by atoms with Gasteiger partial charge in [-0.1, -0.05) is 6.07 Å². The fourth-order valence-corrected chi connectivity index (χ4v) is 2.24. The number of anilines is 1. The van der Waals surface area contributed by atoms with Gasteiger partial charge in [0.2, 0.25) is 0 Å². The molecule has 1 atom stereocenters. The average Bonchev–Trinajstić information content (AvgIpc) is 2.97. The molecule has 0 aromatic carbocycles. The standard InChI is InChI=1S/C11H12N4O3S/c1-15-5-4-8(14-15)12-11(18)13-9(10(16)17)7-3-2-6-19-7/h2-6,9H,1H3,(H,16,17)(H2,12,13,14,18). The van der Waals surface area contributed by atoms with Gasteiger partial charge in [-0.3, -0.25) is 10.00 Å². The highest BCUT2D eigenvalue weighted by Gasteiger charge is 2.23. The first-order chi connectivity index (χ1) is 9.06. The molecule has 0 bridgehead atoms. The van der Waals surface area contributed by atoms with Crippen LogP contribution >= 0.6 is 11.3 Å². The second-order valence-electron chi connectivity index (χ2n) is 3.76. The maximum absolute atomic E-state index is 11.7. The number of nitrogens with one attached hydrogen (secondary N) is 2. The highest BCUT2D eigenvalue weighted by atomic mass is 32.1. The summed E-state index contributed by atoms with van der Waals surface area (Å²) >= 11 is 1.27. The van der Waals surface area contributed by atoms with Gasteiger partial charge in [0.1, 0.15) is 0 Å². The van der Waals surface area contributed by atoms with Crippen LogP contribution in [-0.4, -0.2) is 26.9 Å². The van der Waals surface area contributed by atoms with Crippen molar-refractivity contribution < 1.29 is 14.7 Å². The molecule has 8 heteroatoms. The third-order valence-electron chi connectivity index (χ3n) is 2.31. The SMILES string of the molecule is Cn1ccc(NC(=O)NC(C(=O)O)c2cccs2)n1. The molecule has 7 nitrogen and oxygen atoms in total. The number of urea groups is 1. The third kappa shape index (κ3) is 3.32. The van der Waals surface area contributed by atoms with Gasteiger partial charge in [-0.2, -0.15) is 5.10 Å². The van der Waals surface area contributed by atoms with Crippen molar-refractivity contribution in [2.45, 2.75) is 6.04 Å². The Morgan fingerprint density at radius 1 is 1.47 bits per heavy atom. The molecule has 0 aliphatic rings. The van der Waals surface area contributed by atoms with E-state index < -0.39 is 18.0 Å². The number of rotatable bonds is 4. The van der Waals surface area contributed by atoms with E-state index in [1.165, 1.54) is 16.0 Å². The Hall–Kier alpha value is -2.35. The summed E-state index contributed by atoms with van der Waals surface area (Å²) in [6, 6.07) is 3.32. The molecule has 2 aromatic heterocycles. The minimum atomic E-state index is -1.11. The van der Waals surface area contributed by atoms with E-state index in [1.807, 2.05) is 0 Å². The molecule has 0 aliphatic heterocycles. The Bertz CT molecular complexity index is 579. The molecule has 2 aromatic rings. The van der Waals surface area contributed by atoms with Gasteiger partial charge in [0, 0.05) is 24.2 Å². The zero-order valence-electron chi connectivity index (χ0n) is 10.0. The number of amides is 2. The highest BCUT2D eigenvalue weighted by molar-refractivity contribution is 7.10. The molecule has 19 heavy (non-hydrogen) atoms. The van der Waals surface area contributed by atoms with Gasteiger partial charge in [0.15, 0.2) is 11.9 Å². The van der Waals surface area contributed by atoms with E-state index >= 15 is 0 Å². The summed E-state index contributed by atoms with van der Waals surface area (Å²) in [5.74, 6) is -0.756. The Morgan fingerprint density at radius 3 is 2.79 bits per heavy atom. The maximum Gasteiger partial charge on any atom is 0.331 e. The zero-order valence-corrected chi connectivity index (χ0v) is 10.8. The first-order valence-electron chi connectivity index (χ1n) is 5.39. The van der Waals surface area contributed by atoms with Crippen molar-refractivity contribution >= 4 is 29.2 Å². The van der Waals surface area contributed by atoms with Crippen LogP contribution in [0.3, 0.4) is 0 Å². The van der Waals surface area contributed by atoms with Crippen LogP contribution in [-0.2, 0) is 11.8 Å². The van der Waals surface area contributed by atoms with E-state index in [-0.39, 0.29) is 0 Å². The number of aromatic nitrogens is 2. The van der Waals surface area contributed by atoms with E-state index in [0.29, 0.717) is 10.7 Å². The van der Waals surface area contributed by atoms with Crippen molar-refractivity contribution in [3.05, 3.63) is 34.7 Å². The van der Waals surface area contributed by atoms with Crippen molar-refractivity contribution in [3.63, 3.8) is 0 Å². The molecule has 0 saturated heterocycles. The molecule has 0 aliphatic carbocycles. The Morgan fingerprint density at radius 2 is 2.26 bits per heavy atom. The van der Waals surface area contributed by atoms with Crippen LogP contribution in [0.5, 0.6) is 0 Å². The number of hydrogen-bond acceptors (Lipinski definition) is 4. The van der Waals surface area contributed by atoms with Crippen molar-refractivity contribution in [1.82, 2.24) is 15.1 Å². The van der Waals surface area contributed by atoms with E-state index in [9.17, 15) is 9.59 Å². The van der Waals surface area contributed by atoms with Crippen LogP contribution in [0.15, 0.2) is 29.8 Å². The smallest absolute Gasteiger partial charge is 0.331 e. The summed E-state index contributed by atoms with van der Waals surface area (Å²) in [7, 11) is 1.72. The number of aliphatic carboxylic acids is 1. The molecule has 2 heterocycles. The molecule has 2 amide bonds. The first kappa shape index (κ1) is 13.1. The minimum Gasteiger partial charge on any atom is -0.479 e. The first-order valence-corrected chi connectivity index (χ1v) is 6.27. The van der Waals surface area contributed by atoms with Gasteiger partial charge < -0.3 is 10.4 Å². The fraction of sp³-hybridized carbons (Fsp3) is 0.182. The lowest BCUT2D eigenvalue weighted by Crippen LogP contribution is -2.36. The predicted octanol–water partition coefficient (Wildman–Crippen LogP) is 1.43. The van der Waals surface area contributed by atoms with Crippen LogP contribution in [0, 0.1) is 0 Å². The number of thiophene rings is 1. The number of carbonyl (C=O) groups is 2. The molecule has 0 saturated carbocycles.